The number of rotatable bonds is 3. The third-order valence-corrected chi connectivity index (χ3v) is 1.96. The molecular weight excluding hydrogens is 206 g/mol. The predicted molar refractivity (Wildman–Crippen MR) is 61.9 cm³/mol. The maximum atomic E-state index is 11.8. The largest absolute Gasteiger partial charge is 0.508 e. The normalized spacial score (nSPS) is 10.3. The molecule has 4 heteroatoms. The molecule has 0 aliphatic rings. The fraction of sp³-hybridized carbons (Fsp3) is 0.417. The van der Waals surface area contributed by atoms with Gasteiger partial charge >= 0.3 is 0 Å². The molecule has 0 saturated heterocycles. The van der Waals surface area contributed by atoms with Gasteiger partial charge in [0.1, 0.15) is 11.5 Å². The van der Waals surface area contributed by atoms with Crippen molar-refractivity contribution < 1.29 is 14.6 Å². The number of carbonyl (C=O) groups is 1. The molecule has 1 rings (SSSR count). The van der Waals surface area contributed by atoms with Crippen LogP contribution in [0.25, 0.3) is 0 Å². The van der Waals surface area contributed by atoms with Crippen LogP contribution in [0.3, 0.4) is 0 Å². The zero-order valence-corrected chi connectivity index (χ0v) is 10.0. The second kappa shape index (κ2) is 4.88. The van der Waals surface area contributed by atoms with E-state index in [1.165, 1.54) is 17.0 Å². The van der Waals surface area contributed by atoms with Crippen LogP contribution in [0, 0.1) is 0 Å². The van der Waals surface area contributed by atoms with E-state index in [1.54, 1.807) is 20.2 Å². The molecule has 0 fully saturated rings. The summed E-state index contributed by atoms with van der Waals surface area (Å²) in [6.07, 6.45) is -0.0458. The monoisotopic (exact) mass is 223 g/mol. The fourth-order valence-electron chi connectivity index (χ4n) is 1.28. The summed E-state index contributed by atoms with van der Waals surface area (Å²) < 4.78 is 5.49. The summed E-state index contributed by atoms with van der Waals surface area (Å²) in [5.41, 5.74) is 0.455. The SMILES string of the molecule is CC(C)Oc1cc(O)ccc1C(=O)N(C)C. The maximum Gasteiger partial charge on any atom is 0.257 e. The smallest absolute Gasteiger partial charge is 0.257 e. The molecule has 88 valence electrons. The molecule has 0 unspecified atom stereocenters. The molecule has 0 heterocycles. The molecule has 1 N–H and O–H groups in total. The van der Waals surface area contributed by atoms with Gasteiger partial charge in [-0.1, -0.05) is 0 Å². The van der Waals surface area contributed by atoms with Crippen LogP contribution < -0.4 is 4.74 Å². The Morgan fingerprint density at radius 3 is 2.50 bits per heavy atom. The van der Waals surface area contributed by atoms with Crippen LogP contribution in [0.1, 0.15) is 24.2 Å². The molecule has 4 nitrogen and oxygen atoms in total. The molecule has 1 amide bonds. The molecule has 16 heavy (non-hydrogen) atoms. The second-order valence-electron chi connectivity index (χ2n) is 4.05. The van der Waals surface area contributed by atoms with E-state index in [-0.39, 0.29) is 17.8 Å². The van der Waals surface area contributed by atoms with E-state index in [9.17, 15) is 9.90 Å². The molecule has 0 radical (unpaired) electrons. The number of phenolic OH excluding ortho intramolecular Hbond substituents is 1. The van der Waals surface area contributed by atoms with Gasteiger partial charge in [0.15, 0.2) is 0 Å². The number of amides is 1. The number of phenols is 1. The zero-order chi connectivity index (χ0) is 12.3. The minimum atomic E-state index is -0.143. The van der Waals surface area contributed by atoms with Gasteiger partial charge in [-0.25, -0.2) is 0 Å². The van der Waals surface area contributed by atoms with Gasteiger partial charge in [-0.2, -0.15) is 0 Å². The van der Waals surface area contributed by atoms with Crippen molar-refractivity contribution in [3.8, 4) is 11.5 Å². The lowest BCUT2D eigenvalue weighted by Gasteiger charge is -2.16. The summed E-state index contributed by atoms with van der Waals surface area (Å²) >= 11 is 0. The van der Waals surface area contributed by atoms with Crippen LogP contribution >= 0.6 is 0 Å². The molecular formula is C12H17NO3. The predicted octanol–water partition coefficient (Wildman–Crippen LogP) is 1.88. The first-order valence-electron chi connectivity index (χ1n) is 5.13. The molecule has 0 aliphatic heterocycles. The minimum Gasteiger partial charge on any atom is -0.508 e. The summed E-state index contributed by atoms with van der Waals surface area (Å²) in [5, 5.41) is 9.37. The van der Waals surface area contributed by atoms with Crippen molar-refractivity contribution in [2.24, 2.45) is 0 Å². The van der Waals surface area contributed by atoms with Gasteiger partial charge in [0, 0.05) is 20.2 Å². The van der Waals surface area contributed by atoms with E-state index in [2.05, 4.69) is 0 Å². The molecule has 1 aromatic rings. The van der Waals surface area contributed by atoms with Crippen molar-refractivity contribution in [2.75, 3.05) is 14.1 Å². The Labute approximate surface area is 95.5 Å². The highest BCUT2D eigenvalue weighted by Crippen LogP contribution is 2.25. The number of hydrogen-bond donors (Lipinski definition) is 1. The Hall–Kier alpha value is -1.71. The molecule has 0 aromatic heterocycles. The quantitative estimate of drug-likeness (QED) is 0.851. The van der Waals surface area contributed by atoms with Gasteiger partial charge < -0.3 is 14.7 Å². The average molecular weight is 223 g/mol. The highest BCUT2D eigenvalue weighted by molar-refractivity contribution is 5.96. The summed E-state index contributed by atoms with van der Waals surface area (Å²) in [7, 11) is 3.35. The van der Waals surface area contributed by atoms with E-state index in [4.69, 9.17) is 4.74 Å². The van der Waals surface area contributed by atoms with Gasteiger partial charge in [-0.3, -0.25) is 4.79 Å². The summed E-state index contributed by atoms with van der Waals surface area (Å²) in [6, 6.07) is 4.50. The number of aromatic hydroxyl groups is 1. The Bertz CT molecular complexity index is 386. The van der Waals surface area contributed by atoms with E-state index < -0.39 is 0 Å². The highest BCUT2D eigenvalue weighted by Gasteiger charge is 2.15. The molecule has 0 spiro atoms. The fourth-order valence-corrected chi connectivity index (χ4v) is 1.28. The van der Waals surface area contributed by atoms with Crippen molar-refractivity contribution in [2.45, 2.75) is 20.0 Å². The molecule has 1 aromatic carbocycles. The van der Waals surface area contributed by atoms with Crippen LogP contribution in [0.2, 0.25) is 0 Å². The van der Waals surface area contributed by atoms with Crippen molar-refractivity contribution in [1.29, 1.82) is 0 Å². The number of hydrogen-bond acceptors (Lipinski definition) is 3. The van der Waals surface area contributed by atoms with Gasteiger partial charge in [0.25, 0.3) is 5.91 Å². The molecule has 0 atom stereocenters. The highest BCUT2D eigenvalue weighted by atomic mass is 16.5. The van der Waals surface area contributed by atoms with Gasteiger partial charge in [-0.15, -0.1) is 0 Å². The Balaban J connectivity index is 3.12. The first-order valence-corrected chi connectivity index (χ1v) is 5.13. The number of nitrogens with zero attached hydrogens (tertiary/aromatic N) is 1. The first kappa shape index (κ1) is 12.4. The number of carbonyl (C=O) groups excluding carboxylic acids is 1. The van der Waals surface area contributed by atoms with E-state index in [0.717, 1.165) is 0 Å². The standard InChI is InChI=1S/C12H17NO3/c1-8(2)16-11-7-9(14)5-6-10(11)12(15)13(3)4/h5-8,14H,1-4H3. The van der Waals surface area contributed by atoms with E-state index in [0.29, 0.717) is 11.3 Å². The van der Waals surface area contributed by atoms with Crippen LogP contribution in [0.5, 0.6) is 11.5 Å². The van der Waals surface area contributed by atoms with Crippen molar-refractivity contribution >= 4 is 5.91 Å². The lowest BCUT2D eigenvalue weighted by atomic mass is 10.1. The number of ether oxygens (including phenoxy) is 1. The Morgan fingerprint density at radius 1 is 1.38 bits per heavy atom. The average Bonchev–Trinajstić information content (AvgIpc) is 2.15. The minimum absolute atomic E-state index is 0.0458. The maximum absolute atomic E-state index is 11.8. The molecule has 0 saturated carbocycles. The second-order valence-corrected chi connectivity index (χ2v) is 4.05. The van der Waals surface area contributed by atoms with Crippen LogP contribution in [-0.2, 0) is 0 Å². The topological polar surface area (TPSA) is 49.8 Å². The van der Waals surface area contributed by atoms with Crippen LogP contribution in [0.15, 0.2) is 18.2 Å². The third kappa shape index (κ3) is 2.89. The lowest BCUT2D eigenvalue weighted by molar-refractivity contribution is 0.0821. The molecule has 0 bridgehead atoms. The van der Waals surface area contributed by atoms with Gasteiger partial charge in [0.05, 0.1) is 11.7 Å². The summed E-state index contributed by atoms with van der Waals surface area (Å²) in [5.74, 6) is 0.357. The van der Waals surface area contributed by atoms with Crippen LogP contribution in [0.4, 0.5) is 0 Å². The Kier molecular flexibility index (Phi) is 3.77. The van der Waals surface area contributed by atoms with E-state index in [1.807, 2.05) is 13.8 Å². The first-order chi connectivity index (χ1) is 7.41. The lowest BCUT2D eigenvalue weighted by Crippen LogP contribution is -2.23. The molecule has 0 aliphatic carbocycles. The zero-order valence-electron chi connectivity index (χ0n) is 10.0. The van der Waals surface area contributed by atoms with E-state index >= 15 is 0 Å². The van der Waals surface area contributed by atoms with Gasteiger partial charge in [-0.05, 0) is 26.0 Å². The summed E-state index contributed by atoms with van der Waals surface area (Å²) in [4.78, 5) is 13.3. The summed E-state index contributed by atoms with van der Waals surface area (Å²) in [6.45, 7) is 3.74. The van der Waals surface area contributed by atoms with Crippen LogP contribution in [-0.4, -0.2) is 36.1 Å². The Morgan fingerprint density at radius 2 is 2.00 bits per heavy atom. The van der Waals surface area contributed by atoms with Gasteiger partial charge in [0.2, 0.25) is 0 Å². The third-order valence-electron chi connectivity index (χ3n) is 1.96. The van der Waals surface area contributed by atoms with Crippen molar-refractivity contribution in [1.82, 2.24) is 4.90 Å². The number of benzene rings is 1. The van der Waals surface area contributed by atoms with Crippen molar-refractivity contribution in [3.63, 3.8) is 0 Å². The van der Waals surface area contributed by atoms with Crippen molar-refractivity contribution in [3.05, 3.63) is 23.8 Å².